The van der Waals surface area contributed by atoms with Gasteiger partial charge in [-0.15, -0.1) is 0 Å². The van der Waals surface area contributed by atoms with Gasteiger partial charge in [0.2, 0.25) is 0 Å². The first-order valence-electron chi connectivity index (χ1n) is 6.40. The zero-order valence-corrected chi connectivity index (χ0v) is 14.4. The van der Waals surface area contributed by atoms with Crippen molar-refractivity contribution in [3.63, 3.8) is 0 Å². The molecule has 0 N–H and O–H groups in total. The van der Waals surface area contributed by atoms with Gasteiger partial charge in [0.05, 0.1) is 0 Å². The second-order valence-electron chi connectivity index (χ2n) is 4.34. The molecule has 3 rings (SSSR count). The standard InChI is InChI=1S/C18H15P.Ca.2H/c1-4-10-16(11-5-1)19(17-12-6-2-7-13-17)18-14-8-3-9-15-18;;;/h1-15H;;;/q;+2;2*-1. The van der Waals surface area contributed by atoms with E-state index in [1.54, 1.807) is 0 Å². The van der Waals surface area contributed by atoms with Gasteiger partial charge in [-0.25, -0.2) is 0 Å². The molecule has 0 nitrogen and oxygen atoms in total. The molecule has 0 aromatic heterocycles. The predicted molar refractivity (Wildman–Crippen MR) is 93.1 cm³/mol. The third-order valence-electron chi connectivity index (χ3n) is 3.04. The number of rotatable bonds is 3. The number of hydrogen-bond donors (Lipinski definition) is 0. The van der Waals surface area contributed by atoms with Gasteiger partial charge in [0, 0.05) is 0 Å². The maximum atomic E-state index is 2.23. The Balaban J connectivity index is 0.00000147. The summed E-state index contributed by atoms with van der Waals surface area (Å²) in [5, 5.41) is 4.19. The topological polar surface area (TPSA) is 0 Å². The summed E-state index contributed by atoms with van der Waals surface area (Å²) in [7, 11) is -0.446. The molecule has 0 aliphatic heterocycles. The zero-order chi connectivity index (χ0) is 12.9. The third-order valence-corrected chi connectivity index (χ3v) is 5.49. The fourth-order valence-electron chi connectivity index (χ4n) is 2.18. The summed E-state index contributed by atoms with van der Waals surface area (Å²) in [5.41, 5.74) is 0. The summed E-state index contributed by atoms with van der Waals surface area (Å²) in [6.07, 6.45) is 0. The zero-order valence-electron chi connectivity index (χ0n) is 13.3. The second kappa shape index (κ2) is 7.96. The molecule has 0 fully saturated rings. The molecular weight excluding hydrogens is 287 g/mol. The monoisotopic (exact) mass is 304 g/mol. The molecule has 3 aromatic rings. The smallest absolute Gasteiger partial charge is 1.00 e. The van der Waals surface area contributed by atoms with Crippen molar-refractivity contribution in [1.29, 1.82) is 0 Å². The Morgan fingerprint density at radius 2 is 0.700 bits per heavy atom. The summed E-state index contributed by atoms with van der Waals surface area (Å²) in [4.78, 5) is 0. The van der Waals surface area contributed by atoms with E-state index in [1.165, 1.54) is 15.9 Å². The molecule has 0 saturated heterocycles. The van der Waals surface area contributed by atoms with Crippen molar-refractivity contribution in [3.8, 4) is 0 Å². The van der Waals surface area contributed by atoms with Crippen LogP contribution in [-0.2, 0) is 0 Å². The summed E-state index contributed by atoms with van der Waals surface area (Å²) in [5.74, 6) is 0. The molecule has 0 radical (unpaired) electrons. The van der Waals surface area contributed by atoms with Crippen molar-refractivity contribution >= 4 is 61.6 Å². The number of benzene rings is 3. The van der Waals surface area contributed by atoms with Crippen LogP contribution in [0, 0.1) is 0 Å². The Labute approximate surface area is 154 Å². The van der Waals surface area contributed by atoms with Crippen molar-refractivity contribution in [1.82, 2.24) is 0 Å². The number of hydrogen-bond acceptors (Lipinski definition) is 0. The van der Waals surface area contributed by atoms with E-state index in [2.05, 4.69) is 91.0 Å². The molecule has 0 unspecified atom stereocenters. The molecule has 0 bridgehead atoms. The average Bonchev–Trinajstić information content (AvgIpc) is 2.51. The third kappa shape index (κ3) is 3.71. The summed E-state index contributed by atoms with van der Waals surface area (Å²) >= 11 is 0. The van der Waals surface area contributed by atoms with E-state index < -0.39 is 7.92 Å². The van der Waals surface area contributed by atoms with E-state index in [4.69, 9.17) is 0 Å². The van der Waals surface area contributed by atoms with Crippen LogP contribution in [0.1, 0.15) is 2.85 Å². The Bertz CT molecular complexity index is 539. The van der Waals surface area contributed by atoms with Crippen LogP contribution >= 0.6 is 7.92 Å². The Morgan fingerprint density at radius 1 is 0.450 bits per heavy atom. The molecule has 20 heavy (non-hydrogen) atoms. The molecule has 0 heterocycles. The molecule has 0 aliphatic carbocycles. The first kappa shape index (κ1) is 15.7. The quantitative estimate of drug-likeness (QED) is 0.514. The molecule has 3 aromatic carbocycles. The van der Waals surface area contributed by atoms with Crippen LogP contribution in [0.2, 0.25) is 0 Å². The van der Waals surface area contributed by atoms with Crippen LogP contribution in [0.4, 0.5) is 0 Å². The van der Waals surface area contributed by atoms with Crippen LogP contribution in [0.3, 0.4) is 0 Å². The predicted octanol–water partition coefficient (Wildman–Crippen LogP) is 3.29. The van der Waals surface area contributed by atoms with Crippen molar-refractivity contribution in [2.45, 2.75) is 0 Å². The van der Waals surface area contributed by atoms with E-state index in [0.717, 1.165) is 0 Å². The van der Waals surface area contributed by atoms with Crippen molar-refractivity contribution in [3.05, 3.63) is 91.0 Å². The molecule has 0 aliphatic rings. The molecule has 2 heteroatoms. The second-order valence-corrected chi connectivity index (χ2v) is 6.56. The van der Waals surface area contributed by atoms with E-state index in [0.29, 0.717) is 0 Å². The summed E-state index contributed by atoms with van der Waals surface area (Å²) < 4.78 is 0. The summed E-state index contributed by atoms with van der Waals surface area (Å²) in [6, 6.07) is 32.3. The van der Waals surface area contributed by atoms with Gasteiger partial charge >= 0.3 is 37.7 Å². The Morgan fingerprint density at radius 3 is 0.950 bits per heavy atom. The van der Waals surface area contributed by atoms with Crippen LogP contribution in [0.15, 0.2) is 91.0 Å². The Hall–Kier alpha value is -0.650. The van der Waals surface area contributed by atoms with Crippen LogP contribution in [0.25, 0.3) is 0 Å². The minimum absolute atomic E-state index is 0. The van der Waals surface area contributed by atoms with Gasteiger partial charge in [0.25, 0.3) is 0 Å². The molecule has 0 amide bonds. The van der Waals surface area contributed by atoms with Gasteiger partial charge in [-0.1, -0.05) is 91.0 Å². The van der Waals surface area contributed by atoms with Crippen molar-refractivity contribution in [2.24, 2.45) is 0 Å². The van der Waals surface area contributed by atoms with Crippen LogP contribution in [-0.4, -0.2) is 37.7 Å². The first-order chi connectivity index (χ1) is 9.45. The fraction of sp³-hybridized carbons (Fsp3) is 0. The van der Waals surface area contributed by atoms with E-state index in [9.17, 15) is 0 Å². The van der Waals surface area contributed by atoms with Gasteiger partial charge in [0.15, 0.2) is 0 Å². The molecule has 0 spiro atoms. The molecule has 96 valence electrons. The normalized spacial score (nSPS) is 10.1. The largest absolute Gasteiger partial charge is 2.00 e. The minimum atomic E-state index is -0.446. The van der Waals surface area contributed by atoms with Gasteiger partial charge < -0.3 is 2.85 Å². The minimum Gasteiger partial charge on any atom is -1.00 e. The average molecular weight is 304 g/mol. The van der Waals surface area contributed by atoms with Gasteiger partial charge in [-0.3, -0.25) is 0 Å². The molecule has 0 saturated carbocycles. The SMILES string of the molecule is [Ca+2].[H-].[H-].c1ccc(P(c2ccccc2)c2ccccc2)cc1. The van der Waals surface area contributed by atoms with Gasteiger partial charge in [-0.05, 0) is 23.8 Å². The molecular formula is C18H17CaP. The first-order valence-corrected chi connectivity index (χ1v) is 7.74. The van der Waals surface area contributed by atoms with Crippen LogP contribution < -0.4 is 15.9 Å². The molecule has 0 atom stereocenters. The maximum Gasteiger partial charge on any atom is 2.00 e. The summed E-state index contributed by atoms with van der Waals surface area (Å²) in [6.45, 7) is 0. The van der Waals surface area contributed by atoms with Crippen molar-refractivity contribution < 1.29 is 2.85 Å². The van der Waals surface area contributed by atoms with Crippen molar-refractivity contribution in [2.75, 3.05) is 0 Å². The van der Waals surface area contributed by atoms with E-state index >= 15 is 0 Å². The Kier molecular flexibility index (Phi) is 6.26. The maximum absolute atomic E-state index is 2.23. The van der Waals surface area contributed by atoms with Gasteiger partial charge in [-0.2, -0.15) is 0 Å². The van der Waals surface area contributed by atoms with E-state index in [-0.39, 0.29) is 40.6 Å². The fourth-order valence-corrected chi connectivity index (χ4v) is 4.48. The van der Waals surface area contributed by atoms with E-state index in [1.807, 2.05) is 0 Å². The van der Waals surface area contributed by atoms with Gasteiger partial charge in [0.1, 0.15) is 0 Å². The van der Waals surface area contributed by atoms with Crippen LogP contribution in [0.5, 0.6) is 0 Å².